The molecule has 150 valence electrons. The van der Waals surface area contributed by atoms with Crippen molar-refractivity contribution in [2.24, 2.45) is 0 Å². The maximum absolute atomic E-state index is 13.0. The van der Waals surface area contributed by atoms with Crippen LogP contribution in [0.4, 0.5) is 10.1 Å². The lowest BCUT2D eigenvalue weighted by Gasteiger charge is -2.20. The first-order valence-electron chi connectivity index (χ1n) is 8.16. The number of halogens is 1. The summed E-state index contributed by atoms with van der Waals surface area (Å²) in [6.45, 7) is 0.512. The highest BCUT2D eigenvalue weighted by Gasteiger charge is 2.31. The topological polar surface area (TPSA) is 122 Å². The molecule has 0 unspecified atom stereocenters. The highest BCUT2D eigenvalue weighted by molar-refractivity contribution is 7.89. The van der Waals surface area contributed by atoms with Crippen LogP contribution in [0.3, 0.4) is 0 Å². The molecule has 0 aliphatic carbocycles. The number of carbonyl (C=O) groups excluding carboxylic acids is 2. The zero-order chi connectivity index (χ0) is 20.7. The SMILES string of the molecule is C[C@@H](O)[C@@H](NS(=O)(=O)c1ccc(F)cc1)C(=O)OCC(=O)Nc1ccccc1. The Morgan fingerprint density at radius 2 is 1.71 bits per heavy atom. The fourth-order valence-corrected chi connectivity index (χ4v) is 3.40. The van der Waals surface area contributed by atoms with Crippen LogP contribution >= 0.6 is 0 Å². The van der Waals surface area contributed by atoms with Crippen molar-refractivity contribution in [3.63, 3.8) is 0 Å². The van der Waals surface area contributed by atoms with Gasteiger partial charge in [-0.15, -0.1) is 0 Å². The van der Waals surface area contributed by atoms with Gasteiger partial charge in [0, 0.05) is 5.69 Å². The van der Waals surface area contributed by atoms with Gasteiger partial charge in [0.25, 0.3) is 5.91 Å². The zero-order valence-corrected chi connectivity index (χ0v) is 15.6. The Kier molecular flexibility index (Phi) is 7.21. The monoisotopic (exact) mass is 410 g/mol. The van der Waals surface area contributed by atoms with Crippen LogP contribution in [0.15, 0.2) is 59.5 Å². The Bertz CT molecular complexity index is 917. The molecule has 3 N–H and O–H groups in total. The van der Waals surface area contributed by atoms with E-state index in [1.165, 1.54) is 6.92 Å². The van der Waals surface area contributed by atoms with E-state index in [2.05, 4.69) is 5.32 Å². The third-order valence-corrected chi connectivity index (χ3v) is 5.00. The van der Waals surface area contributed by atoms with Gasteiger partial charge in [-0.2, -0.15) is 4.72 Å². The van der Waals surface area contributed by atoms with E-state index >= 15 is 0 Å². The second-order valence-electron chi connectivity index (χ2n) is 5.82. The van der Waals surface area contributed by atoms with Gasteiger partial charge in [0.05, 0.1) is 11.0 Å². The zero-order valence-electron chi connectivity index (χ0n) is 14.8. The van der Waals surface area contributed by atoms with Crippen LogP contribution in [0.2, 0.25) is 0 Å². The number of esters is 1. The van der Waals surface area contributed by atoms with Crippen molar-refractivity contribution in [2.45, 2.75) is 24.0 Å². The van der Waals surface area contributed by atoms with Crippen LogP contribution < -0.4 is 10.0 Å². The van der Waals surface area contributed by atoms with Crippen LogP contribution in [0, 0.1) is 5.82 Å². The molecule has 28 heavy (non-hydrogen) atoms. The van der Waals surface area contributed by atoms with Gasteiger partial charge in [-0.3, -0.25) is 9.59 Å². The van der Waals surface area contributed by atoms with E-state index in [1.54, 1.807) is 30.3 Å². The van der Waals surface area contributed by atoms with Crippen molar-refractivity contribution < 1.29 is 32.2 Å². The van der Waals surface area contributed by atoms with Crippen molar-refractivity contribution in [1.82, 2.24) is 4.72 Å². The largest absolute Gasteiger partial charge is 0.454 e. The average Bonchev–Trinajstić information content (AvgIpc) is 2.65. The van der Waals surface area contributed by atoms with Gasteiger partial charge in [0.2, 0.25) is 10.0 Å². The lowest BCUT2D eigenvalue weighted by Crippen LogP contribution is -2.48. The van der Waals surface area contributed by atoms with Crippen LogP contribution in [0.25, 0.3) is 0 Å². The average molecular weight is 410 g/mol. The molecule has 0 aromatic heterocycles. The predicted molar refractivity (Wildman–Crippen MR) is 98.2 cm³/mol. The van der Waals surface area contributed by atoms with E-state index in [0.29, 0.717) is 5.69 Å². The molecule has 2 rings (SSSR count). The molecule has 2 aromatic rings. The molecule has 0 saturated carbocycles. The summed E-state index contributed by atoms with van der Waals surface area (Å²) < 4.78 is 44.4. The third kappa shape index (κ3) is 6.12. The first kappa shape index (κ1) is 21.5. The minimum atomic E-state index is -4.23. The molecule has 0 spiro atoms. The maximum atomic E-state index is 13.0. The Morgan fingerprint density at radius 1 is 1.11 bits per heavy atom. The fourth-order valence-electron chi connectivity index (χ4n) is 2.14. The quantitative estimate of drug-likeness (QED) is 0.559. The second kappa shape index (κ2) is 9.40. The van der Waals surface area contributed by atoms with Crippen LogP contribution in [-0.2, 0) is 24.3 Å². The standard InChI is InChI=1S/C18H19FN2O6S/c1-12(22)17(21-28(25,26)15-9-7-13(19)8-10-15)18(24)27-11-16(23)20-14-5-3-2-4-6-14/h2-10,12,17,21-22H,11H2,1H3,(H,20,23)/t12-,17-/m1/s1. The minimum Gasteiger partial charge on any atom is -0.454 e. The first-order chi connectivity index (χ1) is 13.2. The maximum Gasteiger partial charge on any atom is 0.327 e. The van der Waals surface area contributed by atoms with Crippen LogP contribution in [0.1, 0.15) is 6.92 Å². The van der Waals surface area contributed by atoms with E-state index < -0.39 is 46.5 Å². The summed E-state index contributed by atoms with van der Waals surface area (Å²) in [4.78, 5) is 23.7. The highest BCUT2D eigenvalue weighted by Crippen LogP contribution is 2.12. The Labute approximate surface area is 161 Å². The number of aliphatic hydroxyl groups is 1. The fraction of sp³-hybridized carbons (Fsp3) is 0.222. The van der Waals surface area contributed by atoms with Gasteiger partial charge < -0.3 is 15.2 Å². The molecule has 0 aliphatic rings. The van der Waals surface area contributed by atoms with Gasteiger partial charge >= 0.3 is 5.97 Å². The molecule has 0 radical (unpaired) electrons. The Hall–Kier alpha value is -2.82. The molecule has 0 fully saturated rings. The second-order valence-corrected chi connectivity index (χ2v) is 7.53. The number of sulfonamides is 1. The number of hydrogen-bond donors (Lipinski definition) is 3. The number of anilines is 1. The summed E-state index contributed by atoms with van der Waals surface area (Å²) in [5.41, 5.74) is 0.493. The molecular weight excluding hydrogens is 391 g/mol. The van der Waals surface area contributed by atoms with E-state index in [4.69, 9.17) is 4.74 Å². The summed E-state index contributed by atoms with van der Waals surface area (Å²) in [5.74, 6) is -2.40. The number of para-hydroxylation sites is 1. The number of ether oxygens (including phenoxy) is 1. The summed E-state index contributed by atoms with van der Waals surface area (Å²) in [7, 11) is -4.23. The third-order valence-electron chi connectivity index (χ3n) is 3.55. The number of aliphatic hydroxyl groups excluding tert-OH is 1. The molecule has 0 aliphatic heterocycles. The lowest BCUT2D eigenvalue weighted by molar-refractivity contribution is -0.151. The van der Waals surface area contributed by atoms with Crippen molar-refractivity contribution in [1.29, 1.82) is 0 Å². The molecule has 8 nitrogen and oxygen atoms in total. The summed E-state index contributed by atoms with van der Waals surface area (Å²) in [6.07, 6.45) is -1.44. The predicted octanol–water partition coefficient (Wildman–Crippen LogP) is 1.04. The summed E-state index contributed by atoms with van der Waals surface area (Å²) >= 11 is 0. The van der Waals surface area contributed by atoms with E-state index in [0.717, 1.165) is 24.3 Å². The summed E-state index contributed by atoms with van der Waals surface area (Å²) in [6, 6.07) is 10.7. The van der Waals surface area contributed by atoms with Gasteiger partial charge in [-0.05, 0) is 43.3 Å². The Morgan fingerprint density at radius 3 is 2.29 bits per heavy atom. The van der Waals surface area contributed by atoms with E-state index in [9.17, 15) is 27.5 Å². The van der Waals surface area contributed by atoms with E-state index in [-0.39, 0.29) is 4.90 Å². The molecule has 2 atom stereocenters. The van der Waals surface area contributed by atoms with Gasteiger partial charge in [0.1, 0.15) is 11.9 Å². The minimum absolute atomic E-state index is 0.297. The summed E-state index contributed by atoms with van der Waals surface area (Å²) in [5, 5.41) is 12.2. The number of rotatable bonds is 8. The number of carbonyl (C=O) groups is 2. The Balaban J connectivity index is 1.99. The molecular formula is C18H19FN2O6S. The van der Waals surface area contributed by atoms with Crippen LogP contribution in [0.5, 0.6) is 0 Å². The molecule has 0 heterocycles. The number of amides is 1. The number of nitrogens with one attached hydrogen (secondary N) is 2. The molecule has 10 heteroatoms. The van der Waals surface area contributed by atoms with Gasteiger partial charge in [0.15, 0.2) is 6.61 Å². The molecule has 1 amide bonds. The smallest absolute Gasteiger partial charge is 0.327 e. The van der Waals surface area contributed by atoms with Crippen molar-refractivity contribution in [2.75, 3.05) is 11.9 Å². The van der Waals surface area contributed by atoms with Crippen molar-refractivity contribution >= 4 is 27.6 Å². The van der Waals surface area contributed by atoms with Crippen molar-refractivity contribution in [3.8, 4) is 0 Å². The molecule has 0 bridgehead atoms. The number of benzene rings is 2. The van der Waals surface area contributed by atoms with E-state index in [1.807, 2.05) is 4.72 Å². The number of hydrogen-bond acceptors (Lipinski definition) is 6. The highest BCUT2D eigenvalue weighted by atomic mass is 32.2. The van der Waals surface area contributed by atoms with Gasteiger partial charge in [-0.25, -0.2) is 12.8 Å². The molecule has 0 saturated heterocycles. The van der Waals surface area contributed by atoms with Gasteiger partial charge in [-0.1, -0.05) is 18.2 Å². The van der Waals surface area contributed by atoms with Crippen LogP contribution in [-0.4, -0.2) is 44.2 Å². The van der Waals surface area contributed by atoms with Crippen molar-refractivity contribution in [3.05, 3.63) is 60.4 Å². The normalized spacial score (nSPS) is 13.4. The lowest BCUT2D eigenvalue weighted by atomic mass is 10.2. The first-order valence-corrected chi connectivity index (χ1v) is 9.65. The molecule has 2 aromatic carbocycles.